The molecule has 0 saturated carbocycles. The van der Waals surface area contributed by atoms with E-state index in [2.05, 4.69) is 20.5 Å². The molecule has 0 amide bonds. The highest BCUT2D eigenvalue weighted by Crippen LogP contribution is 2.38. The van der Waals surface area contributed by atoms with Crippen molar-refractivity contribution in [2.24, 2.45) is 5.92 Å². The molecule has 3 heterocycles. The average Bonchev–Trinajstić information content (AvgIpc) is 2.69. The normalized spacial score (nSPS) is 17.8. The first kappa shape index (κ1) is 18.6. The van der Waals surface area contributed by atoms with Gasteiger partial charge in [0.1, 0.15) is 11.4 Å². The third kappa shape index (κ3) is 3.64. The van der Waals surface area contributed by atoms with Gasteiger partial charge in [-0.2, -0.15) is 18.3 Å². The zero-order valence-corrected chi connectivity index (χ0v) is 15.0. The topological polar surface area (TPSA) is 70.9 Å². The van der Waals surface area contributed by atoms with E-state index < -0.39 is 17.5 Å². The van der Waals surface area contributed by atoms with Crippen LogP contribution in [0.5, 0.6) is 5.75 Å². The Labute approximate surface area is 159 Å². The van der Waals surface area contributed by atoms with Gasteiger partial charge < -0.3 is 10.4 Å². The molecule has 2 aromatic heterocycles. The molecular weight excluding hydrogens is 369 g/mol. The van der Waals surface area contributed by atoms with Crippen LogP contribution < -0.4 is 5.32 Å². The third-order valence-electron chi connectivity index (χ3n) is 5.12. The summed E-state index contributed by atoms with van der Waals surface area (Å²) in [6.07, 6.45) is 1.74. The Morgan fingerprint density at radius 1 is 1.14 bits per heavy atom. The number of nitrogens with zero attached hydrogens (tertiary/aromatic N) is 3. The zero-order chi connectivity index (χ0) is 19.7. The summed E-state index contributed by atoms with van der Waals surface area (Å²) in [5, 5.41) is 23.7. The van der Waals surface area contributed by atoms with Gasteiger partial charge in [0.15, 0.2) is 0 Å². The number of phenols is 1. The predicted octanol–water partition coefficient (Wildman–Crippen LogP) is 3.96. The molecule has 3 aromatic rings. The average molecular weight is 388 g/mol. The molecule has 1 atom stereocenters. The van der Waals surface area contributed by atoms with E-state index in [1.54, 1.807) is 12.4 Å². The fraction of sp³-hybridized carbons (Fsp3) is 0.350. The molecule has 0 aliphatic carbocycles. The Morgan fingerprint density at radius 3 is 2.71 bits per heavy atom. The molecule has 1 unspecified atom stereocenters. The number of hydrogen-bond donors (Lipinski definition) is 2. The summed E-state index contributed by atoms with van der Waals surface area (Å²) in [5.41, 5.74) is 0.441. The number of rotatable bonds is 3. The van der Waals surface area contributed by atoms with Gasteiger partial charge in [0.25, 0.3) is 0 Å². The van der Waals surface area contributed by atoms with Crippen LogP contribution in [0.15, 0.2) is 36.7 Å². The van der Waals surface area contributed by atoms with Crippen molar-refractivity contribution in [3.63, 3.8) is 0 Å². The maximum Gasteiger partial charge on any atom is 0.416 e. The Kier molecular flexibility index (Phi) is 4.89. The molecular formula is C20H19F3N4O. The van der Waals surface area contributed by atoms with Crippen LogP contribution >= 0.6 is 0 Å². The van der Waals surface area contributed by atoms with E-state index in [1.807, 2.05) is 6.07 Å². The second-order valence-corrected chi connectivity index (χ2v) is 7.06. The van der Waals surface area contributed by atoms with Crippen LogP contribution in [0.2, 0.25) is 0 Å². The van der Waals surface area contributed by atoms with Gasteiger partial charge in [-0.05, 0) is 62.5 Å². The van der Waals surface area contributed by atoms with Crippen LogP contribution in [-0.4, -0.2) is 33.4 Å². The van der Waals surface area contributed by atoms with E-state index in [4.69, 9.17) is 0 Å². The van der Waals surface area contributed by atoms with Gasteiger partial charge in [-0.15, -0.1) is 5.10 Å². The quantitative estimate of drug-likeness (QED) is 0.711. The van der Waals surface area contributed by atoms with Crippen LogP contribution in [0.4, 0.5) is 13.2 Å². The lowest BCUT2D eigenvalue weighted by molar-refractivity contribution is -0.137. The molecule has 0 bridgehead atoms. The van der Waals surface area contributed by atoms with E-state index >= 15 is 0 Å². The van der Waals surface area contributed by atoms with Crippen molar-refractivity contribution >= 4 is 10.8 Å². The molecule has 1 aliphatic rings. The second kappa shape index (κ2) is 7.35. The summed E-state index contributed by atoms with van der Waals surface area (Å²) in [5.74, 6) is -0.0248. The largest absolute Gasteiger partial charge is 0.507 e. The van der Waals surface area contributed by atoms with Crippen molar-refractivity contribution in [1.29, 1.82) is 0 Å². The molecule has 28 heavy (non-hydrogen) atoms. The van der Waals surface area contributed by atoms with Gasteiger partial charge in [0.05, 0.1) is 11.3 Å². The number of aromatic nitrogens is 3. The summed E-state index contributed by atoms with van der Waals surface area (Å²) < 4.78 is 38.6. The highest BCUT2D eigenvalue weighted by atomic mass is 19.4. The number of benzene rings is 1. The van der Waals surface area contributed by atoms with E-state index in [1.165, 1.54) is 6.07 Å². The maximum atomic E-state index is 12.9. The molecule has 146 valence electrons. The Morgan fingerprint density at radius 2 is 2.00 bits per heavy atom. The summed E-state index contributed by atoms with van der Waals surface area (Å²) in [4.78, 5) is 4.13. The minimum absolute atomic E-state index is 0.199. The number of aromatic hydroxyl groups is 1. The second-order valence-electron chi connectivity index (χ2n) is 7.06. The minimum atomic E-state index is -4.52. The first-order chi connectivity index (χ1) is 13.4. The number of nitrogens with one attached hydrogen (secondary N) is 1. The molecule has 4 rings (SSSR count). The highest BCUT2D eigenvalue weighted by Gasteiger charge is 2.31. The lowest BCUT2D eigenvalue weighted by Gasteiger charge is -2.22. The Bertz CT molecular complexity index is 1000. The zero-order valence-electron chi connectivity index (χ0n) is 15.0. The number of halogens is 3. The van der Waals surface area contributed by atoms with Crippen LogP contribution in [0, 0.1) is 5.92 Å². The maximum absolute atomic E-state index is 12.9. The van der Waals surface area contributed by atoms with Crippen molar-refractivity contribution in [2.45, 2.75) is 25.4 Å². The summed E-state index contributed by atoms with van der Waals surface area (Å²) >= 11 is 0. The molecule has 1 saturated heterocycles. The molecule has 1 aliphatic heterocycles. The van der Waals surface area contributed by atoms with Gasteiger partial charge in [-0.1, -0.05) is 0 Å². The number of hydrogen-bond acceptors (Lipinski definition) is 5. The standard InChI is InChI=1S/C20H19F3N4O/c21-20(22,23)13-3-4-15(18(28)9-13)19-16-11-25-7-5-14(16)17(26-27-19)8-12-2-1-6-24-10-12/h3-5,7,9,11-12,24,28H,1-2,6,8,10H2. The fourth-order valence-electron chi connectivity index (χ4n) is 3.68. The lowest BCUT2D eigenvalue weighted by atomic mass is 9.92. The monoisotopic (exact) mass is 388 g/mol. The Hall–Kier alpha value is -2.74. The molecule has 0 spiro atoms. The molecule has 8 heteroatoms. The van der Waals surface area contributed by atoms with E-state index in [0.717, 1.165) is 49.5 Å². The van der Waals surface area contributed by atoms with Crippen LogP contribution in [-0.2, 0) is 12.6 Å². The third-order valence-corrected chi connectivity index (χ3v) is 5.12. The lowest BCUT2D eigenvalue weighted by Crippen LogP contribution is -2.31. The molecule has 1 aromatic carbocycles. The first-order valence-corrected chi connectivity index (χ1v) is 9.14. The predicted molar refractivity (Wildman–Crippen MR) is 98.7 cm³/mol. The molecule has 0 radical (unpaired) electrons. The van der Waals surface area contributed by atoms with Crippen molar-refractivity contribution in [2.75, 3.05) is 13.1 Å². The number of pyridine rings is 1. The smallest absolute Gasteiger partial charge is 0.416 e. The van der Waals surface area contributed by atoms with E-state index in [0.29, 0.717) is 23.1 Å². The highest BCUT2D eigenvalue weighted by molar-refractivity contribution is 5.96. The molecule has 2 N–H and O–H groups in total. The van der Waals surface area contributed by atoms with Crippen molar-refractivity contribution in [1.82, 2.24) is 20.5 Å². The van der Waals surface area contributed by atoms with Gasteiger partial charge in [-0.3, -0.25) is 4.98 Å². The van der Waals surface area contributed by atoms with E-state index in [-0.39, 0.29) is 5.56 Å². The van der Waals surface area contributed by atoms with Crippen molar-refractivity contribution < 1.29 is 18.3 Å². The fourth-order valence-corrected chi connectivity index (χ4v) is 3.68. The summed E-state index contributed by atoms with van der Waals surface area (Å²) in [6.45, 7) is 1.95. The van der Waals surface area contributed by atoms with Gasteiger partial charge in [0, 0.05) is 28.7 Å². The molecule has 1 fully saturated rings. The first-order valence-electron chi connectivity index (χ1n) is 9.14. The number of piperidine rings is 1. The van der Waals surface area contributed by atoms with Gasteiger partial charge >= 0.3 is 6.18 Å². The summed E-state index contributed by atoms with van der Waals surface area (Å²) in [7, 11) is 0. The minimum Gasteiger partial charge on any atom is -0.507 e. The number of alkyl halides is 3. The summed E-state index contributed by atoms with van der Waals surface area (Å²) in [6, 6.07) is 4.70. The Balaban J connectivity index is 1.76. The SMILES string of the molecule is Oc1cc(C(F)(F)F)ccc1-c1nnc(CC2CCCNC2)c2ccncc12. The van der Waals surface area contributed by atoms with Crippen LogP contribution in [0.3, 0.4) is 0 Å². The van der Waals surface area contributed by atoms with Gasteiger partial charge in [0.2, 0.25) is 0 Å². The van der Waals surface area contributed by atoms with E-state index in [9.17, 15) is 18.3 Å². The van der Waals surface area contributed by atoms with Crippen molar-refractivity contribution in [3.8, 4) is 17.0 Å². The van der Waals surface area contributed by atoms with Gasteiger partial charge in [-0.25, -0.2) is 0 Å². The van der Waals surface area contributed by atoms with Crippen LogP contribution in [0.25, 0.3) is 22.0 Å². The van der Waals surface area contributed by atoms with Crippen molar-refractivity contribution in [3.05, 3.63) is 47.9 Å². The number of fused-ring (bicyclic) bond motifs is 1. The molecule has 5 nitrogen and oxygen atoms in total. The van der Waals surface area contributed by atoms with Crippen LogP contribution in [0.1, 0.15) is 24.1 Å². The number of phenolic OH excluding ortho intramolecular Hbond substituents is 1.